The second-order valence-corrected chi connectivity index (χ2v) is 7.38. The van der Waals surface area contributed by atoms with Crippen LogP contribution in [0.25, 0.3) is 11.2 Å². The summed E-state index contributed by atoms with van der Waals surface area (Å²) in [5.41, 5.74) is 6.26. The fourth-order valence-corrected chi connectivity index (χ4v) is 4.86. The Hall–Kier alpha value is -1.90. The molecule has 0 saturated carbocycles. The number of sulfone groups is 1. The Kier molecular flexibility index (Phi) is 2.65. The molecule has 1 aliphatic rings. The lowest BCUT2D eigenvalue weighted by Crippen LogP contribution is -2.32. The van der Waals surface area contributed by atoms with Crippen LogP contribution in [0, 0.1) is 0 Å². The van der Waals surface area contributed by atoms with Gasteiger partial charge in [-0.25, -0.2) is 18.4 Å². The summed E-state index contributed by atoms with van der Waals surface area (Å²) < 4.78 is 30.4. The van der Waals surface area contributed by atoms with Gasteiger partial charge in [-0.1, -0.05) is 0 Å². The Balaban J connectivity index is 2.25. The number of anilines is 1. The van der Waals surface area contributed by atoms with E-state index in [1.807, 2.05) is 6.92 Å². The fraction of sp³-hybridized carbons (Fsp3) is 0.545. The Bertz CT molecular complexity index is 785. The highest BCUT2D eigenvalue weighted by molar-refractivity contribution is 7.91. The van der Waals surface area contributed by atoms with Crippen LogP contribution in [0.2, 0.25) is 0 Å². The van der Waals surface area contributed by atoms with E-state index in [4.69, 9.17) is 10.5 Å². The van der Waals surface area contributed by atoms with Crippen molar-refractivity contribution < 1.29 is 13.2 Å². The molecule has 108 valence electrons. The Labute approximate surface area is 115 Å². The zero-order valence-electron chi connectivity index (χ0n) is 11.2. The van der Waals surface area contributed by atoms with Crippen molar-refractivity contribution in [1.29, 1.82) is 0 Å². The van der Waals surface area contributed by atoms with Crippen molar-refractivity contribution in [1.82, 2.24) is 19.5 Å². The molecular weight excluding hydrogens is 282 g/mol. The van der Waals surface area contributed by atoms with E-state index in [0.29, 0.717) is 23.5 Å². The van der Waals surface area contributed by atoms with Crippen LogP contribution in [0.1, 0.15) is 13.3 Å². The van der Waals surface area contributed by atoms with E-state index in [1.165, 1.54) is 13.4 Å². The minimum absolute atomic E-state index is 0.0297. The topological polar surface area (TPSA) is 113 Å². The highest BCUT2D eigenvalue weighted by Gasteiger charge is 2.42. The molecule has 1 saturated heterocycles. The number of nitrogens with two attached hydrogens (primary N) is 1. The van der Waals surface area contributed by atoms with Gasteiger partial charge in [-0.3, -0.25) is 4.57 Å². The Morgan fingerprint density at radius 3 is 2.80 bits per heavy atom. The first kappa shape index (κ1) is 13.1. The summed E-state index contributed by atoms with van der Waals surface area (Å²) in [6.07, 6.45) is 1.84. The number of nitrogens with zero attached hydrogens (tertiary/aromatic N) is 4. The largest absolute Gasteiger partial charge is 0.479 e. The van der Waals surface area contributed by atoms with E-state index >= 15 is 0 Å². The van der Waals surface area contributed by atoms with Crippen molar-refractivity contribution in [3.8, 4) is 5.88 Å². The Morgan fingerprint density at radius 2 is 2.20 bits per heavy atom. The molecule has 9 heteroatoms. The molecule has 1 fully saturated rings. The summed E-state index contributed by atoms with van der Waals surface area (Å²) in [6.45, 7) is 1.85. The molecule has 0 spiro atoms. The number of nitrogen functional groups attached to an aromatic ring is 1. The third kappa shape index (κ3) is 1.80. The average molecular weight is 297 g/mol. The predicted molar refractivity (Wildman–Crippen MR) is 73.2 cm³/mol. The van der Waals surface area contributed by atoms with Gasteiger partial charge in [0.1, 0.15) is 6.33 Å². The third-order valence-electron chi connectivity index (χ3n) is 3.65. The molecule has 1 unspecified atom stereocenters. The van der Waals surface area contributed by atoms with Crippen molar-refractivity contribution in [2.24, 2.45) is 0 Å². The van der Waals surface area contributed by atoms with Crippen LogP contribution in [-0.2, 0) is 15.4 Å². The number of methoxy groups -OCH3 is 1. The summed E-state index contributed by atoms with van der Waals surface area (Å²) in [5.74, 6) is 0.718. The number of ether oxygens (including phenoxy) is 1. The summed E-state index contributed by atoms with van der Waals surface area (Å²) >= 11 is 0. The monoisotopic (exact) mass is 297 g/mol. The van der Waals surface area contributed by atoms with Crippen molar-refractivity contribution in [3.63, 3.8) is 0 Å². The first-order chi connectivity index (χ1) is 9.36. The van der Waals surface area contributed by atoms with Crippen LogP contribution in [0.3, 0.4) is 0 Å². The summed E-state index contributed by atoms with van der Waals surface area (Å²) in [7, 11) is -1.58. The number of fused-ring (bicyclic) bond motifs is 1. The van der Waals surface area contributed by atoms with Crippen molar-refractivity contribution in [2.45, 2.75) is 18.9 Å². The molecule has 1 aliphatic heterocycles. The van der Waals surface area contributed by atoms with E-state index in [0.717, 1.165) is 0 Å². The first-order valence-electron chi connectivity index (χ1n) is 6.10. The number of rotatable bonds is 2. The van der Waals surface area contributed by atoms with Gasteiger partial charge in [0, 0.05) is 0 Å². The van der Waals surface area contributed by atoms with Gasteiger partial charge in [0.25, 0.3) is 0 Å². The summed E-state index contributed by atoms with van der Waals surface area (Å²) in [4.78, 5) is 12.4. The minimum Gasteiger partial charge on any atom is -0.479 e. The molecule has 3 heterocycles. The maximum Gasteiger partial charge on any atom is 0.245 e. The van der Waals surface area contributed by atoms with Crippen molar-refractivity contribution >= 4 is 26.9 Å². The molecule has 3 rings (SSSR count). The van der Waals surface area contributed by atoms with E-state index in [-0.39, 0.29) is 17.5 Å². The van der Waals surface area contributed by atoms with Gasteiger partial charge in [0.2, 0.25) is 11.8 Å². The molecule has 0 amide bonds. The standard InChI is InChI=1S/C11H15N5O3S/c1-11(3-4-20(17,18)5-11)16-8-7(15-10(16)12)9(19-2)14-6-13-8/h6H,3-5H2,1-2H3,(H2,12,15). The first-order valence-corrected chi connectivity index (χ1v) is 7.92. The highest BCUT2D eigenvalue weighted by Crippen LogP contribution is 2.36. The lowest BCUT2D eigenvalue weighted by molar-refractivity contribution is 0.378. The molecule has 0 radical (unpaired) electrons. The van der Waals surface area contributed by atoms with Crippen LogP contribution in [0.4, 0.5) is 5.95 Å². The van der Waals surface area contributed by atoms with Gasteiger partial charge in [-0.15, -0.1) is 0 Å². The molecule has 1 atom stereocenters. The van der Waals surface area contributed by atoms with Crippen LogP contribution in [0.5, 0.6) is 5.88 Å². The van der Waals surface area contributed by atoms with Gasteiger partial charge < -0.3 is 10.5 Å². The lowest BCUT2D eigenvalue weighted by atomic mass is 10.0. The zero-order chi connectivity index (χ0) is 14.5. The van der Waals surface area contributed by atoms with E-state index < -0.39 is 15.4 Å². The second-order valence-electron chi connectivity index (χ2n) is 5.20. The van der Waals surface area contributed by atoms with Crippen molar-refractivity contribution in [3.05, 3.63) is 6.33 Å². The molecule has 2 aromatic rings. The Morgan fingerprint density at radius 1 is 1.45 bits per heavy atom. The van der Waals surface area contributed by atoms with E-state index in [2.05, 4.69) is 15.0 Å². The number of hydrogen-bond donors (Lipinski definition) is 1. The molecule has 8 nitrogen and oxygen atoms in total. The maximum absolute atomic E-state index is 11.8. The molecule has 2 aromatic heterocycles. The normalized spacial score (nSPS) is 25.1. The second kappa shape index (κ2) is 4.05. The van der Waals surface area contributed by atoms with Gasteiger partial charge in [0.15, 0.2) is 21.0 Å². The van der Waals surface area contributed by atoms with Gasteiger partial charge in [-0.05, 0) is 13.3 Å². The lowest BCUT2D eigenvalue weighted by Gasteiger charge is -2.25. The quantitative estimate of drug-likeness (QED) is 0.826. The highest BCUT2D eigenvalue weighted by atomic mass is 32.2. The molecule has 0 aliphatic carbocycles. The molecule has 0 aromatic carbocycles. The summed E-state index contributed by atoms with van der Waals surface area (Å²) in [6, 6.07) is 0. The van der Waals surface area contributed by atoms with Crippen molar-refractivity contribution in [2.75, 3.05) is 24.3 Å². The smallest absolute Gasteiger partial charge is 0.245 e. The summed E-state index contributed by atoms with van der Waals surface area (Å²) in [5, 5.41) is 0. The predicted octanol–water partition coefficient (Wildman–Crippen LogP) is -0.0492. The SMILES string of the molecule is COc1ncnc2c1nc(N)n2C1(C)CCS(=O)(=O)C1. The average Bonchev–Trinajstić information content (AvgIpc) is 2.85. The molecular formula is C11H15N5O3S. The van der Waals surface area contributed by atoms with Crippen LogP contribution >= 0.6 is 0 Å². The minimum atomic E-state index is -3.06. The number of imidazole rings is 1. The number of aromatic nitrogens is 4. The molecule has 2 N–H and O–H groups in total. The number of hydrogen-bond acceptors (Lipinski definition) is 7. The fourth-order valence-electron chi connectivity index (χ4n) is 2.74. The maximum atomic E-state index is 11.8. The molecule has 0 bridgehead atoms. The molecule has 20 heavy (non-hydrogen) atoms. The van der Waals surface area contributed by atoms with Gasteiger partial charge >= 0.3 is 0 Å². The third-order valence-corrected chi connectivity index (χ3v) is 5.54. The van der Waals surface area contributed by atoms with Gasteiger partial charge in [0.05, 0.1) is 24.2 Å². The van der Waals surface area contributed by atoms with Crippen LogP contribution in [0.15, 0.2) is 6.33 Å². The zero-order valence-corrected chi connectivity index (χ0v) is 12.0. The van der Waals surface area contributed by atoms with Gasteiger partial charge in [-0.2, -0.15) is 4.98 Å². The van der Waals surface area contributed by atoms with E-state index in [9.17, 15) is 8.42 Å². The van der Waals surface area contributed by atoms with E-state index in [1.54, 1.807) is 4.57 Å². The van der Waals surface area contributed by atoms with Crippen LogP contribution in [-0.4, -0.2) is 46.6 Å². The van der Waals surface area contributed by atoms with Crippen LogP contribution < -0.4 is 10.5 Å².